The van der Waals surface area contributed by atoms with Gasteiger partial charge in [0.2, 0.25) is 0 Å². The maximum atomic E-state index is 10.4. The summed E-state index contributed by atoms with van der Waals surface area (Å²) in [5.41, 5.74) is 0.960. The minimum Gasteiger partial charge on any atom is -0.393 e. The molecule has 0 radical (unpaired) electrons. The van der Waals surface area contributed by atoms with Crippen LogP contribution in [0.1, 0.15) is 50.7 Å². The average Bonchev–Trinajstić information content (AvgIpc) is 2.63. The van der Waals surface area contributed by atoms with Crippen molar-refractivity contribution in [2.24, 2.45) is 11.8 Å². The van der Waals surface area contributed by atoms with Gasteiger partial charge in [-0.05, 0) is 30.2 Å². The predicted octanol–water partition coefficient (Wildman–Crippen LogP) is 3.30. The van der Waals surface area contributed by atoms with Crippen molar-refractivity contribution in [2.75, 3.05) is 0 Å². The van der Waals surface area contributed by atoms with Crippen molar-refractivity contribution in [3.05, 3.63) is 35.9 Å². The molecule has 0 amide bonds. The first-order chi connectivity index (χ1) is 8.70. The minimum atomic E-state index is -0.469. The molecule has 4 atom stereocenters. The van der Waals surface area contributed by atoms with Gasteiger partial charge < -0.3 is 10.2 Å². The van der Waals surface area contributed by atoms with Gasteiger partial charge in [-0.3, -0.25) is 0 Å². The Morgan fingerprint density at radius 1 is 1.06 bits per heavy atom. The summed E-state index contributed by atoms with van der Waals surface area (Å²) >= 11 is 0. The number of hydrogen-bond donors (Lipinski definition) is 2. The monoisotopic (exact) mass is 248 g/mol. The first-order valence-electron chi connectivity index (χ1n) is 7.11. The summed E-state index contributed by atoms with van der Waals surface area (Å²) < 4.78 is 0. The van der Waals surface area contributed by atoms with E-state index in [2.05, 4.69) is 6.92 Å². The Morgan fingerprint density at radius 3 is 2.44 bits per heavy atom. The Hall–Kier alpha value is -0.860. The third-order valence-electron chi connectivity index (χ3n) is 4.35. The Kier molecular flexibility index (Phi) is 4.79. The molecule has 2 nitrogen and oxygen atoms in total. The van der Waals surface area contributed by atoms with Gasteiger partial charge in [-0.2, -0.15) is 0 Å². The first kappa shape index (κ1) is 13.6. The van der Waals surface area contributed by atoms with E-state index in [1.54, 1.807) is 0 Å². The summed E-state index contributed by atoms with van der Waals surface area (Å²) in [4.78, 5) is 0. The van der Waals surface area contributed by atoms with Gasteiger partial charge in [0, 0.05) is 0 Å². The van der Waals surface area contributed by atoms with E-state index in [1.165, 1.54) is 12.8 Å². The van der Waals surface area contributed by atoms with Gasteiger partial charge in [0.15, 0.2) is 0 Å². The zero-order valence-electron chi connectivity index (χ0n) is 11.1. The topological polar surface area (TPSA) is 40.5 Å². The molecule has 1 saturated carbocycles. The van der Waals surface area contributed by atoms with Crippen LogP contribution in [0.15, 0.2) is 30.3 Å². The van der Waals surface area contributed by atoms with Crippen LogP contribution >= 0.6 is 0 Å². The molecule has 2 rings (SSSR count). The highest BCUT2D eigenvalue weighted by Gasteiger charge is 2.31. The van der Waals surface area contributed by atoms with Crippen molar-refractivity contribution in [3.8, 4) is 0 Å². The standard InChI is InChI=1S/C16H24O2/c1-12(14-10-6-3-7-11-15(14)17)16(18)13-8-4-2-5-9-13/h2,4-5,8-9,12,14-18H,3,6-7,10-11H2,1H3. The molecule has 18 heavy (non-hydrogen) atoms. The van der Waals surface area contributed by atoms with E-state index < -0.39 is 6.10 Å². The summed E-state index contributed by atoms with van der Waals surface area (Å²) in [6, 6.07) is 9.79. The summed E-state index contributed by atoms with van der Waals surface area (Å²) in [7, 11) is 0. The van der Waals surface area contributed by atoms with Crippen LogP contribution in [-0.2, 0) is 0 Å². The summed E-state index contributed by atoms with van der Waals surface area (Å²) in [5, 5.41) is 20.6. The second-order valence-corrected chi connectivity index (χ2v) is 5.58. The highest BCUT2D eigenvalue weighted by molar-refractivity contribution is 5.18. The van der Waals surface area contributed by atoms with E-state index in [0.29, 0.717) is 0 Å². The van der Waals surface area contributed by atoms with E-state index >= 15 is 0 Å². The molecule has 4 unspecified atom stereocenters. The number of aliphatic hydroxyl groups is 2. The quantitative estimate of drug-likeness (QED) is 0.806. The zero-order chi connectivity index (χ0) is 13.0. The van der Waals surface area contributed by atoms with Crippen molar-refractivity contribution in [1.29, 1.82) is 0 Å². The lowest BCUT2D eigenvalue weighted by atomic mass is 9.80. The first-order valence-corrected chi connectivity index (χ1v) is 7.11. The van der Waals surface area contributed by atoms with E-state index in [4.69, 9.17) is 0 Å². The summed E-state index contributed by atoms with van der Waals surface area (Å²) in [6.45, 7) is 2.07. The van der Waals surface area contributed by atoms with E-state index in [9.17, 15) is 10.2 Å². The molecule has 1 aromatic carbocycles. The van der Waals surface area contributed by atoms with Crippen LogP contribution in [0.5, 0.6) is 0 Å². The maximum absolute atomic E-state index is 10.4. The molecule has 1 aliphatic rings. The fourth-order valence-corrected chi connectivity index (χ4v) is 3.12. The van der Waals surface area contributed by atoms with Crippen molar-refractivity contribution < 1.29 is 10.2 Å². The van der Waals surface area contributed by atoms with Crippen molar-refractivity contribution >= 4 is 0 Å². The third-order valence-corrected chi connectivity index (χ3v) is 4.35. The molecule has 0 saturated heterocycles. The lowest BCUT2D eigenvalue weighted by molar-refractivity contribution is 0.0104. The lowest BCUT2D eigenvalue weighted by Crippen LogP contribution is -2.29. The Morgan fingerprint density at radius 2 is 1.72 bits per heavy atom. The van der Waals surface area contributed by atoms with Crippen molar-refractivity contribution in [3.63, 3.8) is 0 Å². The van der Waals surface area contributed by atoms with Gasteiger partial charge in [-0.25, -0.2) is 0 Å². The number of rotatable bonds is 3. The molecule has 0 aromatic heterocycles. The molecule has 0 aliphatic heterocycles. The lowest BCUT2D eigenvalue weighted by Gasteiger charge is -2.30. The molecule has 0 spiro atoms. The largest absolute Gasteiger partial charge is 0.393 e. The van der Waals surface area contributed by atoms with Crippen molar-refractivity contribution in [2.45, 2.75) is 51.2 Å². The molecule has 0 bridgehead atoms. The fourth-order valence-electron chi connectivity index (χ4n) is 3.12. The van der Waals surface area contributed by atoms with Crippen LogP contribution in [0.2, 0.25) is 0 Å². The van der Waals surface area contributed by atoms with Gasteiger partial charge in [0.05, 0.1) is 12.2 Å². The molecule has 1 aliphatic carbocycles. The number of aliphatic hydroxyl groups excluding tert-OH is 2. The van der Waals surface area contributed by atoms with Crippen molar-refractivity contribution in [1.82, 2.24) is 0 Å². The Bertz CT molecular complexity index is 349. The minimum absolute atomic E-state index is 0.112. The number of hydrogen-bond acceptors (Lipinski definition) is 2. The molecule has 2 heteroatoms. The van der Waals surface area contributed by atoms with Crippen LogP contribution < -0.4 is 0 Å². The van der Waals surface area contributed by atoms with Gasteiger partial charge in [0.25, 0.3) is 0 Å². The van der Waals surface area contributed by atoms with E-state index in [0.717, 1.165) is 24.8 Å². The number of benzene rings is 1. The molecule has 100 valence electrons. The van der Waals surface area contributed by atoms with Crippen LogP contribution in [0, 0.1) is 11.8 Å². The second-order valence-electron chi connectivity index (χ2n) is 5.58. The average molecular weight is 248 g/mol. The summed E-state index contributed by atoms with van der Waals surface area (Å²) in [6.07, 6.45) is 4.70. The van der Waals surface area contributed by atoms with E-state index in [1.807, 2.05) is 30.3 Å². The molecule has 1 fully saturated rings. The van der Waals surface area contributed by atoms with Crippen LogP contribution in [0.3, 0.4) is 0 Å². The van der Waals surface area contributed by atoms with E-state index in [-0.39, 0.29) is 17.9 Å². The summed E-state index contributed by atoms with van der Waals surface area (Å²) in [5.74, 6) is 0.336. The molecular weight excluding hydrogens is 224 g/mol. The fraction of sp³-hybridized carbons (Fsp3) is 0.625. The molecule has 1 aromatic rings. The Balaban J connectivity index is 2.07. The second kappa shape index (κ2) is 6.35. The third kappa shape index (κ3) is 3.12. The normalized spacial score (nSPS) is 28.4. The van der Waals surface area contributed by atoms with Gasteiger partial charge in [0.1, 0.15) is 0 Å². The predicted molar refractivity (Wildman–Crippen MR) is 73.1 cm³/mol. The van der Waals surface area contributed by atoms with Gasteiger partial charge in [-0.15, -0.1) is 0 Å². The van der Waals surface area contributed by atoms with Crippen LogP contribution in [-0.4, -0.2) is 16.3 Å². The molecule has 2 N–H and O–H groups in total. The van der Waals surface area contributed by atoms with Gasteiger partial charge in [-0.1, -0.05) is 56.5 Å². The Labute approximate surface area is 110 Å². The zero-order valence-corrected chi connectivity index (χ0v) is 11.1. The highest BCUT2D eigenvalue weighted by Crippen LogP contribution is 2.36. The van der Waals surface area contributed by atoms with Crippen LogP contribution in [0.25, 0.3) is 0 Å². The van der Waals surface area contributed by atoms with Gasteiger partial charge >= 0.3 is 0 Å². The van der Waals surface area contributed by atoms with Crippen LogP contribution in [0.4, 0.5) is 0 Å². The SMILES string of the molecule is CC(C(O)c1ccccc1)C1CCCCCC1O. The maximum Gasteiger partial charge on any atom is 0.0819 e. The molecule has 0 heterocycles. The highest BCUT2D eigenvalue weighted by atomic mass is 16.3. The smallest absolute Gasteiger partial charge is 0.0819 e. The molecular formula is C16H24O2.